The summed E-state index contributed by atoms with van der Waals surface area (Å²) in [6.07, 6.45) is 1.89. The molecule has 3 aromatic carbocycles. The Bertz CT molecular complexity index is 1550. The highest BCUT2D eigenvalue weighted by Crippen LogP contribution is 2.39. The first-order chi connectivity index (χ1) is 14.1. The molecule has 0 aliphatic rings. The topological polar surface area (TPSA) is 34.8 Å². The molecule has 29 heavy (non-hydrogen) atoms. The quantitative estimate of drug-likeness (QED) is 0.358. The van der Waals surface area contributed by atoms with Crippen LogP contribution in [0.4, 0.5) is 0 Å². The summed E-state index contributed by atoms with van der Waals surface area (Å²) in [6.45, 7) is 2.14. The number of para-hydroxylation sites is 2. The van der Waals surface area contributed by atoms with Gasteiger partial charge in [-0.2, -0.15) is 0 Å². The minimum absolute atomic E-state index is 0.687. The first-order valence-corrected chi connectivity index (χ1v) is 9.78. The van der Waals surface area contributed by atoms with Gasteiger partial charge in [0.15, 0.2) is 16.6 Å². The van der Waals surface area contributed by atoms with Gasteiger partial charge in [0.2, 0.25) is 5.71 Å². The highest BCUT2D eigenvalue weighted by Gasteiger charge is 2.27. The smallest absolute Gasteiger partial charge is 0.293 e. The number of hydrogen-bond acceptors (Lipinski definition) is 2. The lowest BCUT2D eigenvalue weighted by Crippen LogP contribution is -2.30. The Balaban J connectivity index is 1.81. The third-order valence-electron chi connectivity index (χ3n) is 6.06. The highest BCUT2D eigenvalue weighted by atomic mass is 16.3. The van der Waals surface area contributed by atoms with E-state index in [1.54, 1.807) is 0 Å². The molecule has 0 radical (unpaired) electrons. The number of imidazole rings is 1. The van der Waals surface area contributed by atoms with Crippen molar-refractivity contribution < 1.29 is 8.98 Å². The Morgan fingerprint density at radius 2 is 1.72 bits per heavy atom. The van der Waals surface area contributed by atoms with Crippen molar-refractivity contribution in [1.82, 2.24) is 9.55 Å². The molecule has 0 aliphatic carbocycles. The van der Waals surface area contributed by atoms with Crippen molar-refractivity contribution in [2.75, 3.05) is 0 Å². The lowest BCUT2D eigenvalue weighted by atomic mass is 10.0. The molecule has 0 fully saturated rings. The van der Waals surface area contributed by atoms with E-state index in [9.17, 15) is 0 Å². The van der Waals surface area contributed by atoms with Gasteiger partial charge in [0.25, 0.3) is 5.82 Å². The molecule has 0 bridgehead atoms. The van der Waals surface area contributed by atoms with Gasteiger partial charge in [-0.3, -0.25) is 0 Å². The van der Waals surface area contributed by atoms with Crippen LogP contribution in [0.2, 0.25) is 0 Å². The number of aryl methyl sites for hydroxylation is 3. The molecule has 3 aromatic heterocycles. The van der Waals surface area contributed by atoms with Crippen LogP contribution < -0.4 is 4.57 Å². The van der Waals surface area contributed by atoms with Crippen LogP contribution in [-0.2, 0) is 14.1 Å². The van der Waals surface area contributed by atoms with E-state index in [1.165, 1.54) is 22.0 Å². The minimum Gasteiger partial charge on any atom is -0.437 e. The van der Waals surface area contributed by atoms with E-state index in [0.717, 1.165) is 33.1 Å². The standard InChI is InChI=1S/C25H20N3O/c1-15-12-13-18-22-17-9-5-4-8-16(17)14-26-24(22)29-23(18)21(15)25-27(2)19-10-6-7-11-20(19)28(25)3/h4-14H,1-3H3/q+1. The first kappa shape index (κ1) is 16.3. The predicted molar refractivity (Wildman–Crippen MR) is 117 cm³/mol. The average molecular weight is 378 g/mol. The van der Waals surface area contributed by atoms with Gasteiger partial charge in [0.1, 0.15) is 5.56 Å². The van der Waals surface area contributed by atoms with Gasteiger partial charge in [0, 0.05) is 17.0 Å². The summed E-state index contributed by atoms with van der Waals surface area (Å²) < 4.78 is 10.9. The minimum atomic E-state index is 0.687. The maximum Gasteiger partial charge on any atom is 0.293 e. The highest BCUT2D eigenvalue weighted by molar-refractivity contribution is 6.19. The van der Waals surface area contributed by atoms with Crippen molar-refractivity contribution >= 4 is 43.9 Å². The van der Waals surface area contributed by atoms with E-state index < -0.39 is 0 Å². The van der Waals surface area contributed by atoms with Gasteiger partial charge in [-0.25, -0.2) is 14.1 Å². The Morgan fingerprint density at radius 1 is 0.931 bits per heavy atom. The SMILES string of the molecule is Cc1ccc2c(oc3ncc4ccccc4c32)c1-c1n(C)c2ccccc2[n+]1C. The largest absolute Gasteiger partial charge is 0.437 e. The number of hydrogen-bond donors (Lipinski definition) is 0. The Kier molecular flexibility index (Phi) is 3.19. The predicted octanol–water partition coefficient (Wildman–Crippen LogP) is 5.43. The number of rotatable bonds is 1. The molecule has 3 heterocycles. The van der Waals surface area contributed by atoms with Crippen LogP contribution in [-0.4, -0.2) is 9.55 Å². The summed E-state index contributed by atoms with van der Waals surface area (Å²) in [4.78, 5) is 4.62. The van der Waals surface area contributed by atoms with Crippen molar-refractivity contribution in [2.45, 2.75) is 6.92 Å². The van der Waals surface area contributed by atoms with Crippen LogP contribution in [0.25, 0.3) is 55.3 Å². The Labute approximate surface area is 167 Å². The summed E-state index contributed by atoms with van der Waals surface area (Å²) in [5.41, 5.74) is 6.27. The van der Waals surface area contributed by atoms with Crippen LogP contribution in [0, 0.1) is 6.92 Å². The van der Waals surface area contributed by atoms with E-state index in [0.29, 0.717) is 5.71 Å². The zero-order valence-corrected chi connectivity index (χ0v) is 16.6. The van der Waals surface area contributed by atoms with Crippen LogP contribution >= 0.6 is 0 Å². The van der Waals surface area contributed by atoms with Crippen molar-refractivity contribution in [1.29, 1.82) is 0 Å². The van der Waals surface area contributed by atoms with E-state index >= 15 is 0 Å². The third kappa shape index (κ3) is 2.08. The second kappa shape index (κ2) is 5.67. The van der Waals surface area contributed by atoms with Crippen molar-refractivity contribution in [2.24, 2.45) is 14.1 Å². The molecular weight excluding hydrogens is 358 g/mol. The van der Waals surface area contributed by atoms with Crippen molar-refractivity contribution in [3.63, 3.8) is 0 Å². The summed E-state index contributed by atoms with van der Waals surface area (Å²) in [7, 11) is 4.23. The van der Waals surface area contributed by atoms with E-state index in [1.807, 2.05) is 12.3 Å². The molecule has 0 amide bonds. The summed E-state index contributed by atoms with van der Waals surface area (Å²) in [5.74, 6) is 1.12. The first-order valence-electron chi connectivity index (χ1n) is 9.78. The lowest BCUT2D eigenvalue weighted by Gasteiger charge is -2.05. The van der Waals surface area contributed by atoms with Gasteiger partial charge < -0.3 is 4.42 Å². The molecule has 4 heteroatoms. The van der Waals surface area contributed by atoms with E-state index in [2.05, 4.69) is 89.7 Å². The maximum absolute atomic E-state index is 6.40. The molecule has 0 saturated carbocycles. The zero-order valence-electron chi connectivity index (χ0n) is 16.6. The molecule has 6 rings (SSSR count). The van der Waals surface area contributed by atoms with E-state index in [4.69, 9.17) is 4.42 Å². The third-order valence-corrected chi connectivity index (χ3v) is 6.06. The van der Waals surface area contributed by atoms with Gasteiger partial charge in [-0.1, -0.05) is 48.5 Å². The molecule has 4 nitrogen and oxygen atoms in total. The fraction of sp³-hybridized carbons (Fsp3) is 0.120. The number of furan rings is 1. The number of aromatic nitrogens is 3. The van der Waals surface area contributed by atoms with Gasteiger partial charge in [-0.15, -0.1) is 0 Å². The Hall–Kier alpha value is -3.66. The molecule has 0 N–H and O–H groups in total. The van der Waals surface area contributed by atoms with Crippen LogP contribution in [0.1, 0.15) is 5.56 Å². The summed E-state index contributed by atoms with van der Waals surface area (Å²) in [6, 6.07) is 21.2. The number of fused-ring (bicyclic) bond motifs is 6. The molecule has 6 aromatic rings. The molecule has 0 spiro atoms. The lowest BCUT2D eigenvalue weighted by molar-refractivity contribution is -0.634. The Morgan fingerprint density at radius 3 is 2.59 bits per heavy atom. The van der Waals surface area contributed by atoms with Crippen molar-refractivity contribution in [3.8, 4) is 11.4 Å². The van der Waals surface area contributed by atoms with Gasteiger partial charge in [0.05, 0.1) is 19.5 Å². The van der Waals surface area contributed by atoms with Crippen molar-refractivity contribution in [3.05, 3.63) is 72.4 Å². The zero-order chi connectivity index (χ0) is 19.7. The molecular formula is C25H20N3O+. The number of benzene rings is 3. The number of pyridine rings is 1. The number of nitrogens with zero attached hydrogens (tertiary/aromatic N) is 3. The monoisotopic (exact) mass is 378 g/mol. The molecule has 0 unspecified atom stereocenters. The van der Waals surface area contributed by atoms with Gasteiger partial charge in [-0.05, 0) is 30.0 Å². The maximum atomic E-state index is 6.40. The summed E-state index contributed by atoms with van der Waals surface area (Å²) >= 11 is 0. The van der Waals surface area contributed by atoms with Crippen LogP contribution in [0.15, 0.2) is 71.3 Å². The molecule has 0 aliphatic heterocycles. The second-order valence-corrected chi connectivity index (χ2v) is 7.69. The molecule has 0 atom stereocenters. The average Bonchev–Trinajstić information content (AvgIpc) is 3.25. The van der Waals surface area contributed by atoms with E-state index in [-0.39, 0.29) is 0 Å². The second-order valence-electron chi connectivity index (χ2n) is 7.69. The molecule has 140 valence electrons. The van der Waals surface area contributed by atoms with Gasteiger partial charge >= 0.3 is 0 Å². The van der Waals surface area contributed by atoms with Crippen LogP contribution in [0.3, 0.4) is 0 Å². The molecule has 0 saturated heterocycles. The fourth-order valence-corrected chi connectivity index (χ4v) is 4.66. The summed E-state index contributed by atoms with van der Waals surface area (Å²) in [5, 5.41) is 4.49. The fourth-order valence-electron chi connectivity index (χ4n) is 4.66. The normalized spacial score (nSPS) is 12.0. The van der Waals surface area contributed by atoms with Crippen LogP contribution in [0.5, 0.6) is 0 Å².